The van der Waals surface area contributed by atoms with Crippen LogP contribution in [0.1, 0.15) is 27.9 Å². The van der Waals surface area contributed by atoms with Crippen molar-refractivity contribution in [3.05, 3.63) is 64.2 Å². The lowest BCUT2D eigenvalue weighted by Crippen LogP contribution is -2.44. The second-order valence-corrected chi connectivity index (χ2v) is 7.47. The third-order valence-electron chi connectivity index (χ3n) is 4.20. The highest BCUT2D eigenvalue weighted by atomic mass is 35.5. The van der Waals surface area contributed by atoms with Crippen molar-refractivity contribution in [3.63, 3.8) is 0 Å². The molecule has 0 aliphatic carbocycles. The maximum absolute atomic E-state index is 12.7. The molecular formula is C20H23ClN2O2S. The summed E-state index contributed by atoms with van der Waals surface area (Å²) in [5, 5.41) is 6.34. The number of aryl methyl sites for hydroxylation is 1. The Morgan fingerprint density at radius 3 is 2.46 bits per heavy atom. The molecule has 2 amide bonds. The number of hydrogen-bond acceptors (Lipinski definition) is 3. The zero-order chi connectivity index (χ0) is 19.1. The first kappa shape index (κ1) is 20.3. The van der Waals surface area contributed by atoms with E-state index in [-0.39, 0.29) is 11.8 Å². The summed E-state index contributed by atoms with van der Waals surface area (Å²) in [4.78, 5) is 25.2. The average Bonchev–Trinajstić information content (AvgIpc) is 2.62. The Labute approximate surface area is 163 Å². The third-order valence-corrected chi connectivity index (χ3v) is 5.10. The monoisotopic (exact) mass is 390 g/mol. The zero-order valence-corrected chi connectivity index (χ0v) is 16.7. The van der Waals surface area contributed by atoms with Crippen molar-refractivity contribution in [2.45, 2.75) is 26.3 Å². The molecule has 0 unspecified atom stereocenters. The zero-order valence-electron chi connectivity index (χ0n) is 15.1. The van der Waals surface area contributed by atoms with Crippen molar-refractivity contribution in [1.29, 1.82) is 0 Å². The SMILES string of the molecule is CSCC[C@H](NC(=O)c1ccc(Cl)cc1)C(=O)Nc1cccc(C)c1C. The van der Waals surface area contributed by atoms with Gasteiger partial charge in [0.15, 0.2) is 0 Å². The Kier molecular flexibility index (Phi) is 7.54. The largest absolute Gasteiger partial charge is 0.340 e. The number of halogens is 1. The summed E-state index contributed by atoms with van der Waals surface area (Å²) in [6.45, 7) is 3.96. The number of hydrogen-bond donors (Lipinski definition) is 2. The van der Waals surface area contributed by atoms with E-state index in [0.717, 1.165) is 22.6 Å². The van der Waals surface area contributed by atoms with Crippen LogP contribution >= 0.6 is 23.4 Å². The van der Waals surface area contributed by atoms with Crippen molar-refractivity contribution in [2.75, 3.05) is 17.3 Å². The van der Waals surface area contributed by atoms with Crippen LogP contribution in [0.3, 0.4) is 0 Å². The molecular weight excluding hydrogens is 368 g/mol. The van der Waals surface area contributed by atoms with E-state index in [9.17, 15) is 9.59 Å². The molecule has 0 heterocycles. The first-order chi connectivity index (χ1) is 12.4. The van der Waals surface area contributed by atoms with Crippen molar-refractivity contribution in [2.24, 2.45) is 0 Å². The number of thioether (sulfide) groups is 1. The summed E-state index contributed by atoms with van der Waals surface area (Å²) in [6.07, 6.45) is 2.53. The fraction of sp³-hybridized carbons (Fsp3) is 0.300. The van der Waals surface area contributed by atoms with Gasteiger partial charge in [-0.1, -0.05) is 23.7 Å². The number of rotatable bonds is 7. The number of nitrogens with one attached hydrogen (secondary N) is 2. The van der Waals surface area contributed by atoms with E-state index in [2.05, 4.69) is 10.6 Å². The van der Waals surface area contributed by atoms with E-state index in [1.807, 2.05) is 38.3 Å². The molecule has 0 aliphatic rings. The Balaban J connectivity index is 2.12. The summed E-state index contributed by atoms with van der Waals surface area (Å²) in [5.74, 6) is 0.269. The highest BCUT2D eigenvalue weighted by molar-refractivity contribution is 7.98. The number of anilines is 1. The predicted octanol–water partition coefficient (Wildman–Crippen LogP) is 4.45. The maximum Gasteiger partial charge on any atom is 0.251 e. The van der Waals surface area contributed by atoms with Gasteiger partial charge >= 0.3 is 0 Å². The minimum atomic E-state index is -0.606. The molecule has 2 aromatic rings. The molecule has 0 saturated carbocycles. The summed E-state index contributed by atoms with van der Waals surface area (Å²) in [6, 6.07) is 11.8. The Morgan fingerprint density at radius 2 is 1.81 bits per heavy atom. The fourth-order valence-electron chi connectivity index (χ4n) is 2.45. The van der Waals surface area contributed by atoms with E-state index < -0.39 is 6.04 Å². The van der Waals surface area contributed by atoms with E-state index in [1.54, 1.807) is 36.0 Å². The van der Waals surface area contributed by atoms with Gasteiger partial charge < -0.3 is 10.6 Å². The van der Waals surface area contributed by atoms with Gasteiger partial charge in [-0.15, -0.1) is 0 Å². The number of carbonyl (C=O) groups is 2. The molecule has 2 rings (SSSR count). The summed E-state index contributed by atoms with van der Waals surface area (Å²) >= 11 is 7.50. The molecule has 0 aliphatic heterocycles. The van der Waals surface area contributed by atoms with Crippen LogP contribution in [0.5, 0.6) is 0 Å². The molecule has 26 heavy (non-hydrogen) atoms. The van der Waals surface area contributed by atoms with Gasteiger partial charge in [0.25, 0.3) is 5.91 Å². The van der Waals surface area contributed by atoms with Crippen molar-refractivity contribution < 1.29 is 9.59 Å². The van der Waals surface area contributed by atoms with Crippen LogP contribution in [0.25, 0.3) is 0 Å². The van der Waals surface area contributed by atoms with Crippen molar-refractivity contribution in [3.8, 4) is 0 Å². The standard InChI is InChI=1S/C20H23ClN2O2S/c1-13-5-4-6-17(14(13)2)22-20(25)18(11-12-26-3)23-19(24)15-7-9-16(21)10-8-15/h4-10,18H,11-12H2,1-3H3,(H,22,25)(H,23,24)/t18-/m0/s1. The van der Waals surface area contributed by atoms with E-state index in [0.29, 0.717) is 17.0 Å². The van der Waals surface area contributed by atoms with E-state index in [4.69, 9.17) is 11.6 Å². The van der Waals surface area contributed by atoms with Gasteiger partial charge in [-0.25, -0.2) is 0 Å². The van der Waals surface area contributed by atoms with Gasteiger partial charge in [-0.2, -0.15) is 11.8 Å². The molecule has 4 nitrogen and oxygen atoms in total. The summed E-state index contributed by atoms with van der Waals surface area (Å²) in [7, 11) is 0. The van der Waals surface area contributed by atoms with Crippen LogP contribution in [0.15, 0.2) is 42.5 Å². The van der Waals surface area contributed by atoms with Gasteiger partial charge in [-0.3, -0.25) is 9.59 Å². The molecule has 1 atom stereocenters. The number of carbonyl (C=O) groups excluding carboxylic acids is 2. The summed E-state index contributed by atoms with van der Waals surface area (Å²) < 4.78 is 0. The molecule has 0 radical (unpaired) electrons. The third kappa shape index (κ3) is 5.51. The lowest BCUT2D eigenvalue weighted by Gasteiger charge is -2.19. The molecule has 0 aromatic heterocycles. The second-order valence-electron chi connectivity index (χ2n) is 6.05. The molecule has 2 N–H and O–H groups in total. The highest BCUT2D eigenvalue weighted by Gasteiger charge is 2.22. The van der Waals surface area contributed by atoms with Gasteiger partial charge in [0.2, 0.25) is 5.91 Å². The van der Waals surface area contributed by atoms with Gasteiger partial charge in [0.1, 0.15) is 6.04 Å². The normalized spacial score (nSPS) is 11.7. The second kappa shape index (κ2) is 9.64. The molecule has 0 bridgehead atoms. The van der Waals surface area contributed by atoms with Crippen molar-refractivity contribution >= 4 is 40.9 Å². The van der Waals surface area contributed by atoms with Crippen LogP contribution in [0, 0.1) is 13.8 Å². The molecule has 0 spiro atoms. The number of benzene rings is 2. The van der Waals surface area contributed by atoms with Crippen LogP contribution in [-0.2, 0) is 4.79 Å². The Bertz CT molecular complexity index is 778. The first-order valence-electron chi connectivity index (χ1n) is 8.35. The van der Waals surface area contributed by atoms with Gasteiger partial charge in [-0.05, 0) is 73.7 Å². The highest BCUT2D eigenvalue weighted by Crippen LogP contribution is 2.19. The Hall–Kier alpha value is -1.98. The first-order valence-corrected chi connectivity index (χ1v) is 10.1. The van der Waals surface area contributed by atoms with Crippen molar-refractivity contribution in [1.82, 2.24) is 5.32 Å². The van der Waals surface area contributed by atoms with E-state index in [1.165, 1.54) is 0 Å². The van der Waals surface area contributed by atoms with Gasteiger partial charge in [0.05, 0.1) is 0 Å². The van der Waals surface area contributed by atoms with Crippen LogP contribution in [-0.4, -0.2) is 29.9 Å². The minimum absolute atomic E-state index is 0.213. The number of amides is 2. The van der Waals surface area contributed by atoms with E-state index >= 15 is 0 Å². The lowest BCUT2D eigenvalue weighted by atomic mass is 10.1. The van der Waals surface area contributed by atoms with Crippen LogP contribution in [0.2, 0.25) is 5.02 Å². The molecule has 0 fully saturated rings. The minimum Gasteiger partial charge on any atom is -0.340 e. The topological polar surface area (TPSA) is 58.2 Å². The molecule has 138 valence electrons. The lowest BCUT2D eigenvalue weighted by molar-refractivity contribution is -0.118. The molecule has 6 heteroatoms. The fourth-order valence-corrected chi connectivity index (χ4v) is 3.05. The Morgan fingerprint density at radius 1 is 1.12 bits per heavy atom. The van der Waals surface area contributed by atoms with Crippen LogP contribution < -0.4 is 10.6 Å². The predicted molar refractivity (Wildman–Crippen MR) is 110 cm³/mol. The quantitative estimate of drug-likeness (QED) is 0.734. The van der Waals surface area contributed by atoms with Crippen LogP contribution in [0.4, 0.5) is 5.69 Å². The molecule has 2 aromatic carbocycles. The molecule has 0 saturated heterocycles. The smallest absolute Gasteiger partial charge is 0.251 e. The average molecular weight is 391 g/mol. The van der Waals surface area contributed by atoms with Gasteiger partial charge in [0, 0.05) is 16.3 Å². The maximum atomic E-state index is 12.7. The summed E-state index contributed by atoms with van der Waals surface area (Å²) in [5.41, 5.74) is 3.37.